The Hall–Kier alpha value is -3.55. The third-order valence-corrected chi connectivity index (χ3v) is 4.88. The Kier molecular flexibility index (Phi) is 5.72. The summed E-state index contributed by atoms with van der Waals surface area (Å²) < 4.78 is 5.29. The molecule has 0 N–H and O–H groups in total. The van der Waals surface area contributed by atoms with Crippen LogP contribution in [0.4, 0.5) is 11.4 Å². The van der Waals surface area contributed by atoms with Gasteiger partial charge in [0.05, 0.1) is 16.5 Å². The average Bonchev–Trinajstić information content (AvgIpc) is 3.10. The van der Waals surface area contributed by atoms with E-state index >= 15 is 0 Å². The molecule has 29 heavy (non-hydrogen) atoms. The second-order valence-corrected chi connectivity index (χ2v) is 6.94. The number of nitro groups is 1. The number of nitrogens with zero attached hydrogens (tertiary/aromatic N) is 2. The van der Waals surface area contributed by atoms with Crippen LogP contribution in [0, 0.1) is 23.0 Å². The minimum Gasteiger partial charge on any atom is -0.454 e. The molecule has 0 radical (unpaired) electrons. The molecule has 0 bridgehead atoms. The van der Waals surface area contributed by atoms with E-state index in [4.69, 9.17) is 4.74 Å². The van der Waals surface area contributed by atoms with E-state index in [2.05, 4.69) is 0 Å². The van der Waals surface area contributed by atoms with E-state index in [9.17, 15) is 24.5 Å². The normalized spacial score (nSPS) is 17.1. The predicted octanol–water partition coefficient (Wildman–Crippen LogP) is 3.07. The number of carbonyl (C=O) groups is 3. The molecule has 1 heterocycles. The Labute approximate surface area is 167 Å². The van der Waals surface area contributed by atoms with Gasteiger partial charge in [0.25, 0.3) is 5.69 Å². The Balaban J connectivity index is 1.68. The summed E-state index contributed by atoms with van der Waals surface area (Å²) in [6.07, 6.45) is -1.05. The number of benzene rings is 2. The maximum absolute atomic E-state index is 12.5. The standard InChI is InChI=1S/C21H20N2O6/c1-13-8-9-17(11-18(13)23(27)28)22-12-16(10-19(22)24)21(26)29-14(2)20(25)15-6-4-3-5-7-15/h3-9,11,14,16H,10,12H2,1-2H3/t14-,16-/m0/s1. The van der Waals surface area contributed by atoms with E-state index in [1.807, 2.05) is 0 Å². The number of amides is 1. The van der Waals surface area contributed by atoms with E-state index in [0.29, 0.717) is 16.8 Å². The number of anilines is 1. The van der Waals surface area contributed by atoms with Gasteiger partial charge in [-0.25, -0.2) is 0 Å². The quantitative estimate of drug-likeness (QED) is 0.321. The fraction of sp³-hybridized carbons (Fsp3) is 0.286. The van der Waals surface area contributed by atoms with Crippen LogP contribution in [0.2, 0.25) is 0 Å². The molecule has 3 rings (SSSR count). The number of hydrogen-bond acceptors (Lipinski definition) is 6. The Morgan fingerprint density at radius 1 is 1.21 bits per heavy atom. The molecule has 1 fully saturated rings. The fourth-order valence-corrected chi connectivity index (χ4v) is 3.24. The van der Waals surface area contributed by atoms with Gasteiger partial charge in [-0.3, -0.25) is 24.5 Å². The van der Waals surface area contributed by atoms with Gasteiger partial charge in [0.15, 0.2) is 6.10 Å². The van der Waals surface area contributed by atoms with Gasteiger partial charge >= 0.3 is 5.97 Å². The number of ether oxygens (including phenoxy) is 1. The summed E-state index contributed by atoms with van der Waals surface area (Å²) >= 11 is 0. The zero-order valence-corrected chi connectivity index (χ0v) is 16.0. The number of aryl methyl sites for hydroxylation is 1. The third-order valence-electron chi connectivity index (χ3n) is 4.88. The average molecular weight is 396 g/mol. The third kappa shape index (κ3) is 4.31. The number of hydrogen-bond donors (Lipinski definition) is 0. The monoisotopic (exact) mass is 396 g/mol. The van der Waals surface area contributed by atoms with Crippen molar-refractivity contribution in [3.05, 3.63) is 69.8 Å². The van der Waals surface area contributed by atoms with E-state index < -0.39 is 22.9 Å². The molecule has 0 spiro atoms. The first-order chi connectivity index (χ1) is 13.8. The first-order valence-corrected chi connectivity index (χ1v) is 9.13. The molecule has 8 heteroatoms. The summed E-state index contributed by atoms with van der Waals surface area (Å²) in [5, 5.41) is 11.1. The topological polar surface area (TPSA) is 107 Å². The Morgan fingerprint density at radius 2 is 1.90 bits per heavy atom. The number of ketones is 1. The summed E-state index contributed by atoms with van der Waals surface area (Å²) in [6.45, 7) is 3.15. The lowest BCUT2D eigenvalue weighted by molar-refractivity contribution is -0.385. The molecule has 0 aromatic heterocycles. The van der Waals surface area contributed by atoms with Crippen molar-refractivity contribution in [2.24, 2.45) is 5.92 Å². The summed E-state index contributed by atoms with van der Waals surface area (Å²) in [5.74, 6) is -2.03. The second kappa shape index (κ2) is 8.22. The van der Waals surface area contributed by atoms with Crippen LogP contribution in [0.1, 0.15) is 29.3 Å². The lowest BCUT2D eigenvalue weighted by atomic mass is 10.1. The van der Waals surface area contributed by atoms with Crippen LogP contribution in [0.25, 0.3) is 0 Å². The molecular formula is C21H20N2O6. The highest BCUT2D eigenvalue weighted by Gasteiger charge is 2.38. The van der Waals surface area contributed by atoms with E-state index in [0.717, 1.165) is 0 Å². The molecule has 1 amide bonds. The maximum Gasteiger partial charge on any atom is 0.312 e. The van der Waals surface area contributed by atoms with Gasteiger partial charge in [-0.05, 0) is 19.9 Å². The smallest absolute Gasteiger partial charge is 0.312 e. The number of rotatable bonds is 6. The highest BCUT2D eigenvalue weighted by molar-refractivity contribution is 6.02. The SMILES string of the molecule is Cc1ccc(N2C[C@@H](C(=O)O[C@@H](C)C(=O)c3ccccc3)CC2=O)cc1[N+](=O)[O-]. The van der Waals surface area contributed by atoms with Crippen molar-refractivity contribution in [1.29, 1.82) is 0 Å². The van der Waals surface area contributed by atoms with Crippen LogP contribution in [0.5, 0.6) is 0 Å². The van der Waals surface area contributed by atoms with E-state index in [1.165, 1.54) is 17.9 Å². The number of esters is 1. The van der Waals surface area contributed by atoms with Crippen molar-refractivity contribution in [3.63, 3.8) is 0 Å². The molecule has 1 saturated heterocycles. The maximum atomic E-state index is 12.5. The highest BCUT2D eigenvalue weighted by atomic mass is 16.6. The fourth-order valence-electron chi connectivity index (χ4n) is 3.24. The molecule has 1 aliphatic heterocycles. The van der Waals surface area contributed by atoms with Crippen molar-refractivity contribution in [1.82, 2.24) is 0 Å². The summed E-state index contributed by atoms with van der Waals surface area (Å²) in [4.78, 5) is 49.2. The summed E-state index contributed by atoms with van der Waals surface area (Å²) in [6, 6.07) is 13.0. The highest BCUT2D eigenvalue weighted by Crippen LogP contribution is 2.30. The predicted molar refractivity (Wildman–Crippen MR) is 105 cm³/mol. The number of nitro benzene ring substituents is 1. The summed E-state index contributed by atoms with van der Waals surface area (Å²) in [7, 11) is 0. The lowest BCUT2D eigenvalue weighted by Gasteiger charge is -2.18. The molecule has 0 saturated carbocycles. The van der Waals surface area contributed by atoms with Crippen molar-refractivity contribution < 1.29 is 24.0 Å². The largest absolute Gasteiger partial charge is 0.454 e. The van der Waals surface area contributed by atoms with Gasteiger partial charge in [0, 0.05) is 30.2 Å². The van der Waals surface area contributed by atoms with E-state index in [1.54, 1.807) is 49.4 Å². The van der Waals surface area contributed by atoms with Crippen LogP contribution >= 0.6 is 0 Å². The van der Waals surface area contributed by atoms with Gasteiger partial charge in [-0.1, -0.05) is 36.4 Å². The molecular weight excluding hydrogens is 376 g/mol. The first-order valence-electron chi connectivity index (χ1n) is 9.13. The zero-order valence-electron chi connectivity index (χ0n) is 16.0. The molecule has 2 aromatic carbocycles. The van der Waals surface area contributed by atoms with Gasteiger partial charge < -0.3 is 9.64 Å². The summed E-state index contributed by atoms with van der Waals surface area (Å²) in [5.41, 5.74) is 1.18. The van der Waals surface area contributed by atoms with Crippen LogP contribution in [0.3, 0.4) is 0 Å². The van der Waals surface area contributed by atoms with Crippen molar-refractivity contribution in [2.45, 2.75) is 26.4 Å². The van der Waals surface area contributed by atoms with Gasteiger partial charge in [0.1, 0.15) is 0 Å². The second-order valence-electron chi connectivity index (χ2n) is 6.94. The molecule has 0 unspecified atom stereocenters. The zero-order chi connectivity index (χ0) is 21.1. The van der Waals surface area contributed by atoms with Crippen LogP contribution in [0.15, 0.2) is 48.5 Å². The minimum atomic E-state index is -0.977. The molecule has 1 aliphatic rings. The first kappa shape index (κ1) is 20.2. The van der Waals surface area contributed by atoms with Crippen LogP contribution in [-0.2, 0) is 14.3 Å². The molecule has 8 nitrogen and oxygen atoms in total. The number of carbonyl (C=O) groups excluding carboxylic acids is 3. The van der Waals surface area contributed by atoms with Crippen LogP contribution < -0.4 is 4.90 Å². The molecule has 2 aromatic rings. The lowest BCUT2D eigenvalue weighted by Crippen LogP contribution is -2.30. The molecule has 2 atom stereocenters. The van der Waals surface area contributed by atoms with Crippen molar-refractivity contribution in [3.8, 4) is 0 Å². The Morgan fingerprint density at radius 3 is 2.55 bits per heavy atom. The minimum absolute atomic E-state index is 0.0458. The van der Waals surface area contributed by atoms with Gasteiger partial charge in [-0.2, -0.15) is 0 Å². The van der Waals surface area contributed by atoms with Crippen LogP contribution in [-0.4, -0.2) is 35.2 Å². The molecule has 150 valence electrons. The Bertz CT molecular complexity index is 972. The van der Waals surface area contributed by atoms with E-state index in [-0.39, 0.29) is 30.3 Å². The van der Waals surface area contributed by atoms with Gasteiger partial charge in [-0.15, -0.1) is 0 Å². The molecule has 0 aliphatic carbocycles. The van der Waals surface area contributed by atoms with Gasteiger partial charge in [0.2, 0.25) is 11.7 Å². The number of Topliss-reactive ketones (excluding diaryl/α,β-unsaturated/α-hetero) is 1. The van der Waals surface area contributed by atoms with Crippen molar-refractivity contribution in [2.75, 3.05) is 11.4 Å². The van der Waals surface area contributed by atoms with Crippen molar-refractivity contribution >= 4 is 29.0 Å².